The molecule has 0 bridgehead atoms. The van der Waals surface area contributed by atoms with E-state index in [1.54, 1.807) is 0 Å². The Hall–Kier alpha value is -0.680. The molecule has 1 aromatic rings. The van der Waals surface area contributed by atoms with Crippen molar-refractivity contribution in [2.24, 2.45) is 7.05 Å². The number of nitrogen functional groups attached to an aromatic ring is 1. The summed E-state index contributed by atoms with van der Waals surface area (Å²) in [6.45, 7) is 5.99. The smallest absolute Gasteiger partial charge is 0.117 e. The van der Waals surface area contributed by atoms with E-state index in [1.807, 2.05) is 23.5 Å². The maximum atomic E-state index is 6.19. The van der Waals surface area contributed by atoms with Crippen LogP contribution in [0.25, 0.3) is 0 Å². The fraction of sp³-hybridized carbons (Fsp3) is 0.750. The largest absolute Gasteiger partial charge is 0.395 e. The van der Waals surface area contributed by atoms with Crippen LogP contribution in [0.3, 0.4) is 0 Å². The minimum absolute atomic E-state index is 0.380. The summed E-state index contributed by atoms with van der Waals surface area (Å²) in [5, 5.41) is 6.24. The first kappa shape index (κ1) is 12.8. The van der Waals surface area contributed by atoms with Gasteiger partial charge in [-0.15, -0.1) is 11.8 Å². The van der Waals surface area contributed by atoms with Gasteiger partial charge >= 0.3 is 0 Å². The van der Waals surface area contributed by atoms with E-state index in [4.69, 9.17) is 10.5 Å². The lowest BCUT2D eigenvalue weighted by molar-refractivity contribution is 0.1000. The Morgan fingerprint density at radius 3 is 2.59 bits per heavy atom. The lowest BCUT2D eigenvalue weighted by Gasteiger charge is -2.21. The molecule has 0 aromatic carbocycles. The van der Waals surface area contributed by atoms with Gasteiger partial charge in [0.05, 0.1) is 11.4 Å². The summed E-state index contributed by atoms with van der Waals surface area (Å²) in [5.41, 5.74) is 8.06. The SMILES string of the molecule is CC(C)c1nn(C)c(SC2CCOCC2)c1N. The molecule has 0 spiro atoms. The Kier molecular flexibility index (Phi) is 3.99. The van der Waals surface area contributed by atoms with Crippen LogP contribution in [-0.4, -0.2) is 28.2 Å². The van der Waals surface area contributed by atoms with Crippen molar-refractivity contribution >= 4 is 17.4 Å². The second-order valence-corrected chi connectivity index (χ2v) is 6.10. The van der Waals surface area contributed by atoms with Crippen molar-refractivity contribution in [3.63, 3.8) is 0 Å². The number of nitrogens with zero attached hydrogens (tertiary/aromatic N) is 2. The standard InChI is InChI=1S/C12H21N3OS/c1-8(2)11-10(13)12(15(3)14-11)17-9-4-6-16-7-5-9/h8-9H,4-7,13H2,1-3H3. The lowest BCUT2D eigenvalue weighted by Crippen LogP contribution is -2.18. The van der Waals surface area contributed by atoms with Gasteiger partial charge in [-0.2, -0.15) is 5.10 Å². The van der Waals surface area contributed by atoms with Crippen LogP contribution in [0, 0.1) is 0 Å². The molecule has 17 heavy (non-hydrogen) atoms. The first-order valence-corrected chi connectivity index (χ1v) is 7.04. The van der Waals surface area contributed by atoms with E-state index in [0.29, 0.717) is 11.2 Å². The topological polar surface area (TPSA) is 53.1 Å². The molecule has 2 N–H and O–H groups in total. The van der Waals surface area contributed by atoms with Crippen molar-refractivity contribution in [3.8, 4) is 0 Å². The number of rotatable bonds is 3. The van der Waals surface area contributed by atoms with Gasteiger partial charge in [-0.1, -0.05) is 13.8 Å². The zero-order valence-corrected chi connectivity index (χ0v) is 11.6. The molecule has 0 unspecified atom stereocenters. The number of aryl methyl sites for hydroxylation is 1. The third kappa shape index (κ3) is 2.77. The lowest BCUT2D eigenvalue weighted by atomic mass is 10.1. The van der Waals surface area contributed by atoms with Crippen LogP contribution in [0.1, 0.15) is 38.3 Å². The number of anilines is 1. The molecule has 2 heterocycles. The average molecular weight is 255 g/mol. The van der Waals surface area contributed by atoms with Gasteiger partial charge in [0.1, 0.15) is 5.03 Å². The summed E-state index contributed by atoms with van der Waals surface area (Å²) >= 11 is 1.85. The number of hydrogen-bond donors (Lipinski definition) is 1. The number of thioether (sulfide) groups is 1. The third-order valence-electron chi connectivity index (χ3n) is 3.05. The zero-order chi connectivity index (χ0) is 12.4. The van der Waals surface area contributed by atoms with Crippen LogP contribution in [0.5, 0.6) is 0 Å². The third-order valence-corrected chi connectivity index (χ3v) is 4.56. The van der Waals surface area contributed by atoms with E-state index >= 15 is 0 Å². The average Bonchev–Trinajstić information content (AvgIpc) is 2.58. The van der Waals surface area contributed by atoms with E-state index in [1.165, 1.54) is 0 Å². The first-order valence-electron chi connectivity index (χ1n) is 6.16. The second-order valence-electron chi connectivity index (χ2n) is 4.81. The number of nitrogens with two attached hydrogens (primary N) is 1. The van der Waals surface area contributed by atoms with E-state index in [0.717, 1.165) is 42.5 Å². The predicted molar refractivity (Wildman–Crippen MR) is 71.4 cm³/mol. The highest BCUT2D eigenvalue weighted by atomic mass is 32.2. The number of aromatic nitrogens is 2. The molecular formula is C12H21N3OS. The summed E-state index contributed by atoms with van der Waals surface area (Å²) in [6, 6.07) is 0. The van der Waals surface area contributed by atoms with Gasteiger partial charge in [-0.25, -0.2) is 0 Å². The van der Waals surface area contributed by atoms with Crippen molar-refractivity contribution in [1.29, 1.82) is 0 Å². The first-order chi connectivity index (χ1) is 8.09. The van der Waals surface area contributed by atoms with Gasteiger partial charge in [0.25, 0.3) is 0 Å². The number of ether oxygens (including phenoxy) is 1. The molecule has 5 heteroatoms. The van der Waals surface area contributed by atoms with Crippen LogP contribution in [0.4, 0.5) is 5.69 Å². The van der Waals surface area contributed by atoms with Crippen molar-refractivity contribution in [2.45, 2.75) is 42.9 Å². The molecule has 4 nitrogen and oxygen atoms in total. The zero-order valence-electron chi connectivity index (χ0n) is 10.8. The van der Waals surface area contributed by atoms with Gasteiger partial charge < -0.3 is 10.5 Å². The highest BCUT2D eigenvalue weighted by Crippen LogP contribution is 2.36. The normalized spacial score (nSPS) is 17.9. The molecule has 0 atom stereocenters. The fourth-order valence-corrected chi connectivity index (χ4v) is 3.23. The summed E-state index contributed by atoms with van der Waals surface area (Å²) in [6.07, 6.45) is 2.21. The minimum Gasteiger partial charge on any atom is -0.395 e. The van der Waals surface area contributed by atoms with Crippen molar-refractivity contribution in [3.05, 3.63) is 5.69 Å². The molecule has 0 aliphatic carbocycles. The van der Waals surface area contributed by atoms with E-state index in [-0.39, 0.29) is 0 Å². The highest BCUT2D eigenvalue weighted by molar-refractivity contribution is 8.00. The van der Waals surface area contributed by atoms with Gasteiger partial charge in [0.15, 0.2) is 0 Å². The summed E-state index contributed by atoms with van der Waals surface area (Å²) in [4.78, 5) is 0. The molecule has 1 saturated heterocycles. The minimum atomic E-state index is 0.380. The molecule has 0 saturated carbocycles. The summed E-state index contributed by atoms with van der Waals surface area (Å²) in [5.74, 6) is 0.380. The van der Waals surface area contributed by atoms with Crippen LogP contribution >= 0.6 is 11.8 Å². The summed E-state index contributed by atoms with van der Waals surface area (Å²) in [7, 11) is 1.98. The molecule has 1 fully saturated rings. The van der Waals surface area contributed by atoms with Gasteiger partial charge in [-0.05, 0) is 18.8 Å². The van der Waals surface area contributed by atoms with E-state index < -0.39 is 0 Å². The monoisotopic (exact) mass is 255 g/mol. The molecule has 2 rings (SSSR count). The second kappa shape index (κ2) is 5.31. The molecule has 1 aromatic heterocycles. The molecule has 1 aliphatic rings. The van der Waals surface area contributed by atoms with Crippen molar-refractivity contribution < 1.29 is 4.74 Å². The Bertz CT molecular complexity index is 383. The number of hydrogen-bond acceptors (Lipinski definition) is 4. The molecule has 0 amide bonds. The van der Waals surface area contributed by atoms with E-state index in [2.05, 4.69) is 18.9 Å². The van der Waals surface area contributed by atoms with E-state index in [9.17, 15) is 0 Å². The Labute approximate surface area is 107 Å². The molecular weight excluding hydrogens is 234 g/mol. The van der Waals surface area contributed by atoms with Crippen molar-refractivity contribution in [2.75, 3.05) is 18.9 Å². The molecule has 1 aliphatic heterocycles. The van der Waals surface area contributed by atoms with Gasteiger partial charge in [0, 0.05) is 25.5 Å². The Balaban J connectivity index is 2.14. The summed E-state index contributed by atoms with van der Waals surface area (Å²) < 4.78 is 7.30. The highest BCUT2D eigenvalue weighted by Gasteiger charge is 2.21. The maximum Gasteiger partial charge on any atom is 0.117 e. The van der Waals surface area contributed by atoms with Crippen LogP contribution < -0.4 is 5.73 Å². The van der Waals surface area contributed by atoms with Crippen LogP contribution in [0.15, 0.2) is 5.03 Å². The van der Waals surface area contributed by atoms with Crippen LogP contribution in [0.2, 0.25) is 0 Å². The van der Waals surface area contributed by atoms with Gasteiger partial charge in [0.2, 0.25) is 0 Å². The Morgan fingerprint density at radius 2 is 2.06 bits per heavy atom. The van der Waals surface area contributed by atoms with Gasteiger partial charge in [-0.3, -0.25) is 4.68 Å². The quantitative estimate of drug-likeness (QED) is 0.901. The molecule has 96 valence electrons. The maximum absolute atomic E-state index is 6.19. The Morgan fingerprint density at radius 1 is 1.41 bits per heavy atom. The van der Waals surface area contributed by atoms with Crippen molar-refractivity contribution in [1.82, 2.24) is 9.78 Å². The predicted octanol–water partition coefficient (Wildman–Crippen LogP) is 2.40. The van der Waals surface area contributed by atoms with Crippen LogP contribution in [-0.2, 0) is 11.8 Å². The fourth-order valence-electron chi connectivity index (χ4n) is 2.06. The molecule has 0 radical (unpaired) electrons.